The zero-order valence-electron chi connectivity index (χ0n) is 14.8. The number of fused-ring (bicyclic) bond motifs is 1. The van der Waals surface area contributed by atoms with Gasteiger partial charge in [-0.05, 0) is 56.5 Å². The van der Waals surface area contributed by atoms with E-state index in [1.807, 2.05) is 10.1 Å². The number of thiazole rings is 1. The quantitative estimate of drug-likeness (QED) is 0.634. The lowest BCUT2D eigenvalue weighted by Gasteiger charge is -2.07. The number of rotatable bonds is 3. The van der Waals surface area contributed by atoms with Crippen LogP contribution < -0.4 is 4.80 Å². The van der Waals surface area contributed by atoms with E-state index in [1.54, 1.807) is 23.5 Å². The van der Waals surface area contributed by atoms with Crippen molar-refractivity contribution in [1.29, 1.82) is 0 Å². The van der Waals surface area contributed by atoms with Crippen molar-refractivity contribution in [1.82, 2.24) is 4.68 Å². The van der Waals surface area contributed by atoms with Gasteiger partial charge < -0.3 is 0 Å². The highest BCUT2D eigenvalue weighted by atomic mass is 32.1. The van der Waals surface area contributed by atoms with E-state index >= 15 is 0 Å². The van der Waals surface area contributed by atoms with Crippen molar-refractivity contribution < 1.29 is 4.39 Å². The second-order valence-electron chi connectivity index (χ2n) is 6.65. The smallest absolute Gasteiger partial charge is 0.206 e. The molecule has 3 aromatic rings. The highest BCUT2D eigenvalue weighted by Gasteiger charge is 2.18. The van der Waals surface area contributed by atoms with Crippen molar-refractivity contribution in [3.05, 3.63) is 75.7 Å². The maximum atomic E-state index is 13.3. The van der Waals surface area contributed by atoms with Crippen LogP contribution >= 0.6 is 11.3 Å². The molecule has 1 heterocycles. The van der Waals surface area contributed by atoms with E-state index < -0.39 is 0 Å². The Hall–Kier alpha value is -2.53. The maximum Gasteiger partial charge on any atom is 0.206 e. The minimum absolute atomic E-state index is 0.178. The molecule has 0 spiro atoms. The summed E-state index contributed by atoms with van der Waals surface area (Å²) < 4.78 is 15.2. The van der Waals surface area contributed by atoms with Gasteiger partial charge in [-0.25, -0.2) is 9.07 Å². The second kappa shape index (κ2) is 7.00. The van der Waals surface area contributed by atoms with Gasteiger partial charge in [-0.2, -0.15) is 5.10 Å². The van der Waals surface area contributed by atoms with Gasteiger partial charge in [0.25, 0.3) is 0 Å². The van der Waals surface area contributed by atoms with Gasteiger partial charge in [0, 0.05) is 22.5 Å². The van der Waals surface area contributed by atoms with Gasteiger partial charge in [-0.1, -0.05) is 24.3 Å². The molecule has 0 bridgehead atoms. The van der Waals surface area contributed by atoms with Crippen molar-refractivity contribution in [2.24, 2.45) is 10.1 Å². The average Bonchev–Trinajstić information content (AvgIpc) is 3.21. The predicted octanol–water partition coefficient (Wildman–Crippen LogP) is 4.86. The first-order valence-electron chi connectivity index (χ1n) is 8.78. The minimum atomic E-state index is -0.237. The van der Waals surface area contributed by atoms with Crippen LogP contribution in [0.4, 0.5) is 4.39 Å². The normalized spacial score (nSPS) is 15.8. The molecular formula is C21H20FN3S. The summed E-state index contributed by atoms with van der Waals surface area (Å²) in [6.45, 7) is 4.11. The number of aryl methyl sites for hydroxylation is 1. The van der Waals surface area contributed by atoms with Crippen LogP contribution in [-0.4, -0.2) is 16.4 Å². The zero-order chi connectivity index (χ0) is 18.1. The Balaban J connectivity index is 1.88. The lowest BCUT2D eigenvalue weighted by Crippen LogP contribution is -2.16. The maximum absolute atomic E-state index is 13.3. The summed E-state index contributed by atoms with van der Waals surface area (Å²) in [5, 5.41) is 7.01. The summed E-state index contributed by atoms with van der Waals surface area (Å²) in [5.41, 5.74) is 5.50. The Labute approximate surface area is 156 Å². The Kier molecular flexibility index (Phi) is 4.55. The number of benzene rings is 2. The molecule has 2 aromatic carbocycles. The fourth-order valence-corrected chi connectivity index (χ4v) is 4.12. The third kappa shape index (κ3) is 3.27. The Bertz CT molecular complexity index is 1030. The van der Waals surface area contributed by atoms with Crippen LogP contribution in [-0.2, 0) is 6.42 Å². The molecule has 0 unspecified atom stereocenters. The first kappa shape index (κ1) is 16.9. The van der Waals surface area contributed by atoms with E-state index in [2.05, 4.69) is 38.1 Å². The van der Waals surface area contributed by atoms with Crippen molar-refractivity contribution in [2.75, 3.05) is 0 Å². The van der Waals surface area contributed by atoms with Crippen molar-refractivity contribution >= 4 is 17.0 Å². The van der Waals surface area contributed by atoms with Gasteiger partial charge in [0.15, 0.2) is 0 Å². The monoisotopic (exact) mass is 365 g/mol. The topological polar surface area (TPSA) is 29.6 Å². The van der Waals surface area contributed by atoms with Crippen LogP contribution in [0.3, 0.4) is 0 Å². The van der Waals surface area contributed by atoms with E-state index in [-0.39, 0.29) is 11.9 Å². The highest BCUT2D eigenvalue weighted by molar-refractivity contribution is 7.07. The largest absolute Gasteiger partial charge is 0.255 e. The Morgan fingerprint density at radius 1 is 1.04 bits per heavy atom. The van der Waals surface area contributed by atoms with Crippen LogP contribution in [0.25, 0.3) is 11.3 Å². The van der Waals surface area contributed by atoms with Crippen LogP contribution in [0.5, 0.6) is 0 Å². The molecule has 132 valence electrons. The molecule has 0 amide bonds. The van der Waals surface area contributed by atoms with Gasteiger partial charge in [-0.15, -0.1) is 11.3 Å². The summed E-state index contributed by atoms with van der Waals surface area (Å²) >= 11 is 1.56. The van der Waals surface area contributed by atoms with E-state index in [1.165, 1.54) is 23.3 Å². The number of aromatic nitrogens is 1. The molecular weight excluding hydrogens is 345 g/mol. The molecule has 0 N–H and O–H groups in total. The fourth-order valence-electron chi connectivity index (χ4n) is 3.16. The van der Waals surface area contributed by atoms with E-state index in [0.29, 0.717) is 0 Å². The van der Waals surface area contributed by atoms with Crippen LogP contribution in [0.1, 0.15) is 31.4 Å². The first-order chi connectivity index (χ1) is 12.6. The summed E-state index contributed by atoms with van der Waals surface area (Å²) in [4.78, 5) is 5.58. The SMILES string of the molecule is CC(C)N=c1scc(-c2ccc(F)cc2)n1N=C1CCc2ccccc21. The molecule has 5 heteroatoms. The third-order valence-electron chi connectivity index (χ3n) is 4.37. The fraction of sp³-hybridized carbons (Fsp3) is 0.238. The van der Waals surface area contributed by atoms with E-state index in [4.69, 9.17) is 10.1 Å². The van der Waals surface area contributed by atoms with E-state index in [0.717, 1.165) is 34.6 Å². The third-order valence-corrected chi connectivity index (χ3v) is 5.20. The van der Waals surface area contributed by atoms with E-state index in [9.17, 15) is 4.39 Å². The summed E-state index contributed by atoms with van der Waals surface area (Å²) in [6, 6.07) is 15.1. The molecule has 1 aliphatic carbocycles. The molecule has 0 aliphatic heterocycles. The summed E-state index contributed by atoms with van der Waals surface area (Å²) in [5.74, 6) is -0.237. The predicted molar refractivity (Wildman–Crippen MR) is 105 cm³/mol. The molecule has 1 aliphatic rings. The lowest BCUT2D eigenvalue weighted by molar-refractivity contribution is 0.628. The summed E-state index contributed by atoms with van der Waals surface area (Å²) in [6.07, 6.45) is 1.94. The number of halogens is 1. The molecule has 4 rings (SSSR count). The van der Waals surface area contributed by atoms with Crippen molar-refractivity contribution in [3.8, 4) is 11.3 Å². The molecule has 1 aromatic heterocycles. The molecule has 0 fully saturated rings. The average molecular weight is 365 g/mol. The number of nitrogens with zero attached hydrogens (tertiary/aromatic N) is 3. The number of hydrogen-bond acceptors (Lipinski definition) is 3. The zero-order valence-corrected chi connectivity index (χ0v) is 15.6. The highest BCUT2D eigenvalue weighted by Crippen LogP contribution is 2.25. The molecule has 0 saturated carbocycles. The second-order valence-corrected chi connectivity index (χ2v) is 7.49. The molecule has 3 nitrogen and oxygen atoms in total. The first-order valence-corrected chi connectivity index (χ1v) is 9.66. The minimum Gasteiger partial charge on any atom is -0.255 e. The summed E-state index contributed by atoms with van der Waals surface area (Å²) in [7, 11) is 0. The number of hydrogen-bond donors (Lipinski definition) is 0. The molecule has 26 heavy (non-hydrogen) atoms. The molecule has 0 atom stereocenters. The molecule has 0 saturated heterocycles. The Morgan fingerprint density at radius 3 is 2.58 bits per heavy atom. The molecule has 0 radical (unpaired) electrons. The lowest BCUT2D eigenvalue weighted by atomic mass is 10.1. The van der Waals surface area contributed by atoms with Crippen LogP contribution in [0, 0.1) is 5.82 Å². The van der Waals surface area contributed by atoms with Gasteiger partial charge in [0.05, 0.1) is 11.4 Å². The van der Waals surface area contributed by atoms with Crippen LogP contribution in [0.15, 0.2) is 64.0 Å². The van der Waals surface area contributed by atoms with Gasteiger partial charge in [0.1, 0.15) is 5.82 Å². The van der Waals surface area contributed by atoms with Crippen molar-refractivity contribution in [2.45, 2.75) is 32.7 Å². The van der Waals surface area contributed by atoms with Gasteiger partial charge >= 0.3 is 0 Å². The van der Waals surface area contributed by atoms with Crippen molar-refractivity contribution in [3.63, 3.8) is 0 Å². The van der Waals surface area contributed by atoms with Gasteiger partial charge in [0.2, 0.25) is 4.80 Å². The standard InChI is InChI=1S/C21H20FN3S/c1-14(2)23-21-25(20(13-26-21)16-7-10-17(22)11-8-16)24-19-12-9-15-5-3-4-6-18(15)19/h3-8,10-11,13-14H,9,12H2,1-2H3. The van der Waals surface area contributed by atoms with Crippen LogP contribution in [0.2, 0.25) is 0 Å². The van der Waals surface area contributed by atoms with Gasteiger partial charge in [-0.3, -0.25) is 4.99 Å². The Morgan fingerprint density at radius 2 is 1.81 bits per heavy atom.